The highest BCUT2D eigenvalue weighted by atomic mass is 79.9. The Morgan fingerprint density at radius 1 is 0.513 bits per heavy atom. The molecule has 10 rings (SSSR count). The van der Waals surface area contributed by atoms with Crippen LogP contribution in [0.2, 0.25) is 0 Å². The molecular weight excluding hydrogens is 1490 g/mol. The van der Waals surface area contributed by atoms with Gasteiger partial charge in [-0.1, -0.05) is 150 Å². The first-order chi connectivity index (χ1) is 54.8. The summed E-state index contributed by atoms with van der Waals surface area (Å²) in [5.41, 5.74) is 11.5. The van der Waals surface area contributed by atoms with Gasteiger partial charge in [-0.2, -0.15) is 18.4 Å². The maximum absolute atomic E-state index is 12.6. The van der Waals surface area contributed by atoms with Crippen LogP contribution in [0.1, 0.15) is 155 Å². The zero-order valence-electron chi connectivity index (χ0n) is 65.3. The average molecular weight is 1590 g/mol. The quantitative estimate of drug-likeness (QED) is 0.0103. The summed E-state index contributed by atoms with van der Waals surface area (Å²) in [5.74, 6) is 2.33. The van der Waals surface area contributed by atoms with Gasteiger partial charge in [-0.3, -0.25) is 35.1 Å². The van der Waals surface area contributed by atoms with Gasteiger partial charge in [-0.25, -0.2) is 4.79 Å². The molecule has 0 aliphatic carbocycles. The molecule has 0 amide bonds. The number of methoxy groups -OCH3 is 1. The SMILES string of the molecule is CCCCCCCc1ccc(N=Cc2ccc(OCCCCC)cc2)cc1.CCCCOC(=O)/C=C/c1ccc(N=Cc2ccc(OC)cc2)cc1.CCCCOc1ccc(N=Cc2ccc(C#N)cc2)cc1.CN(C)c1ccc(C=Nc2ccc([N+](=O)[O-])cc2)cc1.Oc1ccc(Br)cc1C=Nc1cccc(C(F)(F)F)c1. The molecule has 0 radical (unpaired) electrons. The van der Waals surface area contributed by atoms with Crippen molar-refractivity contribution < 1.29 is 46.9 Å². The standard InChI is InChI=1S/C25H35NO.C21H23NO3.C18H18N2O.C15H15N3O2.C14H9BrF3NO/c1-3-5-7-8-9-11-22-12-16-24(17-13-22)26-21-23-14-18-25(19-15-23)27-20-10-6-4-2;1-3-4-15-25-21(23)14-9-17-5-10-19(11-6-17)22-16-18-7-12-20(24-2)13-8-18;1-2-3-12-21-18-10-8-17(9-11-18)20-14-16-6-4-15(13-19)5-7-16;1-17(2)14-7-3-12(4-8-14)11-16-13-5-9-15(10-6-13)18(19)20;15-11-4-5-13(20)9(6-11)8-19-12-3-1-2-10(7-12)14(16,17)18/h12-19,21H,3-11,20H2,1-2H3;5-14,16H,3-4,15H2,1-2H3;4-11,14H,2-3,12H2,1H3;3-11H,1-2H3;1-8,20H/b;14-9+,22-16?;;;. The van der Waals surface area contributed by atoms with Crippen molar-refractivity contribution in [2.75, 3.05) is 45.9 Å². The fourth-order valence-corrected chi connectivity index (χ4v) is 10.4. The third-order valence-electron chi connectivity index (χ3n) is 16.6. The van der Waals surface area contributed by atoms with Gasteiger partial charge in [0, 0.05) is 79.1 Å². The van der Waals surface area contributed by atoms with Crippen LogP contribution in [-0.2, 0) is 22.1 Å². The third-order valence-corrected chi connectivity index (χ3v) is 17.1. The van der Waals surface area contributed by atoms with E-state index in [4.69, 9.17) is 24.2 Å². The van der Waals surface area contributed by atoms with Crippen molar-refractivity contribution in [1.29, 1.82) is 5.26 Å². The van der Waals surface area contributed by atoms with Gasteiger partial charge in [0.25, 0.3) is 5.69 Å². The number of hydrogen-bond donors (Lipinski definition) is 1. The molecule has 10 aromatic carbocycles. The van der Waals surface area contributed by atoms with E-state index in [1.165, 1.54) is 99.6 Å². The average Bonchev–Trinajstić information content (AvgIpc) is 0.872. The number of nitrogens with zero attached hydrogens (tertiary/aromatic N) is 8. The monoisotopic (exact) mass is 1590 g/mol. The highest BCUT2D eigenvalue weighted by Crippen LogP contribution is 2.32. The number of aliphatic imine (C=N–C) groups is 5. The minimum atomic E-state index is -4.40. The number of alkyl halides is 3. The number of unbranched alkanes of at least 4 members (excludes halogenated alkanes) is 8. The number of non-ortho nitro benzene ring substituents is 1. The molecule has 0 atom stereocenters. The first kappa shape index (κ1) is 89.8. The zero-order valence-corrected chi connectivity index (χ0v) is 66.9. The number of anilines is 1. The predicted octanol–water partition coefficient (Wildman–Crippen LogP) is 25.1. The number of carbonyl (C=O) groups excluding carboxylic acids is 1. The van der Waals surface area contributed by atoms with Crippen molar-refractivity contribution in [2.24, 2.45) is 25.0 Å². The molecule has 0 fully saturated rings. The molecule has 10 aromatic rings. The summed E-state index contributed by atoms with van der Waals surface area (Å²) in [6.07, 6.45) is 22.8. The largest absolute Gasteiger partial charge is 0.507 e. The molecule has 0 saturated heterocycles. The number of nitro benzene ring substituents is 1. The van der Waals surface area contributed by atoms with E-state index in [0.29, 0.717) is 23.4 Å². The molecule has 588 valence electrons. The van der Waals surface area contributed by atoms with Crippen LogP contribution < -0.4 is 19.1 Å². The Morgan fingerprint density at radius 3 is 1.46 bits per heavy atom. The number of nitriles is 1. The molecule has 1 N–H and O–H groups in total. The lowest BCUT2D eigenvalue weighted by Crippen LogP contribution is -2.08. The number of ether oxygens (including phenoxy) is 4. The van der Waals surface area contributed by atoms with E-state index in [1.54, 1.807) is 68.2 Å². The highest BCUT2D eigenvalue weighted by Gasteiger charge is 2.30. The third kappa shape index (κ3) is 36.5. The first-order valence-corrected chi connectivity index (χ1v) is 38.6. The van der Waals surface area contributed by atoms with Crippen LogP contribution in [0.15, 0.2) is 272 Å². The lowest BCUT2D eigenvalue weighted by atomic mass is 10.1. The van der Waals surface area contributed by atoms with Crippen molar-refractivity contribution in [3.8, 4) is 29.1 Å². The number of aromatic hydroxyl groups is 1. The number of benzene rings is 10. The molecule has 0 spiro atoms. The number of carbonyl (C=O) groups is 1. The van der Waals surface area contributed by atoms with E-state index in [1.807, 2.05) is 147 Å². The molecule has 0 aliphatic rings. The van der Waals surface area contributed by atoms with Gasteiger partial charge in [0.05, 0.1) is 77.5 Å². The van der Waals surface area contributed by atoms with Crippen molar-refractivity contribution in [3.63, 3.8) is 0 Å². The highest BCUT2D eigenvalue weighted by molar-refractivity contribution is 9.10. The minimum Gasteiger partial charge on any atom is -0.507 e. The number of phenolic OH excluding ortho intramolecular Hbond substituents is 1. The summed E-state index contributed by atoms with van der Waals surface area (Å²) in [4.78, 5) is 45.3. The summed E-state index contributed by atoms with van der Waals surface area (Å²) in [6.45, 7) is 10.7. The number of esters is 1. The van der Waals surface area contributed by atoms with Crippen LogP contribution in [0.5, 0.6) is 23.0 Å². The Labute approximate surface area is 671 Å². The van der Waals surface area contributed by atoms with E-state index in [0.717, 1.165) is 130 Å². The van der Waals surface area contributed by atoms with E-state index >= 15 is 0 Å². The van der Waals surface area contributed by atoms with Gasteiger partial charge >= 0.3 is 12.1 Å². The van der Waals surface area contributed by atoms with Crippen LogP contribution in [0.4, 0.5) is 53.0 Å². The second-order valence-electron chi connectivity index (χ2n) is 25.9. The fourth-order valence-electron chi connectivity index (χ4n) is 10.0. The van der Waals surface area contributed by atoms with Crippen molar-refractivity contribution in [2.45, 2.75) is 117 Å². The Morgan fingerprint density at radius 2 is 0.956 bits per heavy atom. The Kier molecular flexibility index (Phi) is 40.9. The van der Waals surface area contributed by atoms with Gasteiger partial charge in [0.15, 0.2) is 0 Å². The smallest absolute Gasteiger partial charge is 0.416 e. The second kappa shape index (κ2) is 51.4. The van der Waals surface area contributed by atoms with Crippen LogP contribution in [-0.4, -0.2) is 88.1 Å². The van der Waals surface area contributed by atoms with Gasteiger partial charge in [0.2, 0.25) is 0 Å². The summed E-state index contributed by atoms with van der Waals surface area (Å²) >= 11 is 3.24. The molecular formula is C93H100BrF3N8O8. The number of aryl methyl sites for hydroxylation is 1. The lowest BCUT2D eigenvalue weighted by Gasteiger charge is -2.11. The molecule has 0 aromatic heterocycles. The summed E-state index contributed by atoms with van der Waals surface area (Å²) in [7, 11) is 5.62. The summed E-state index contributed by atoms with van der Waals surface area (Å²) in [6, 6.07) is 72.8. The van der Waals surface area contributed by atoms with Crippen molar-refractivity contribution in [3.05, 3.63) is 307 Å². The number of rotatable bonds is 33. The van der Waals surface area contributed by atoms with Crippen LogP contribution in [0.3, 0.4) is 0 Å². The van der Waals surface area contributed by atoms with Crippen LogP contribution in [0, 0.1) is 21.4 Å². The number of nitro groups is 1. The topological polar surface area (TPSA) is 206 Å². The zero-order chi connectivity index (χ0) is 81.3. The number of phenols is 1. The molecule has 0 heterocycles. The summed E-state index contributed by atoms with van der Waals surface area (Å²) in [5, 5.41) is 28.9. The predicted molar refractivity (Wildman–Crippen MR) is 460 cm³/mol. The number of halogens is 4. The van der Waals surface area contributed by atoms with Gasteiger partial charge in [0.1, 0.15) is 23.0 Å². The molecule has 0 aliphatic heterocycles. The molecule has 0 unspecified atom stereocenters. The molecule has 20 heteroatoms. The normalized spacial score (nSPS) is 11.1. The van der Waals surface area contributed by atoms with Crippen molar-refractivity contribution in [1.82, 2.24) is 0 Å². The Hall–Kier alpha value is -12.1. The molecule has 16 nitrogen and oxygen atoms in total. The fraction of sp³-hybridized carbons (Fsp3) is 0.258. The molecule has 0 saturated carbocycles. The second-order valence-corrected chi connectivity index (χ2v) is 26.8. The first-order valence-electron chi connectivity index (χ1n) is 37.8. The maximum Gasteiger partial charge on any atom is 0.416 e. The van der Waals surface area contributed by atoms with Crippen LogP contribution in [0.25, 0.3) is 6.08 Å². The van der Waals surface area contributed by atoms with Gasteiger partial charge in [-0.05, 0) is 241 Å². The van der Waals surface area contributed by atoms with Gasteiger partial charge < -0.3 is 29.0 Å². The summed E-state index contributed by atoms with van der Waals surface area (Å²) < 4.78 is 59.9. The molecule has 0 bridgehead atoms. The molecule has 113 heavy (non-hydrogen) atoms. The van der Waals surface area contributed by atoms with E-state index in [2.05, 4.69) is 111 Å². The maximum atomic E-state index is 12.6. The van der Waals surface area contributed by atoms with Gasteiger partial charge in [-0.15, -0.1) is 0 Å². The number of hydrogen-bond acceptors (Lipinski definition) is 15. The minimum absolute atomic E-state index is 0.00364. The van der Waals surface area contributed by atoms with E-state index in [9.17, 15) is 33.2 Å². The lowest BCUT2D eigenvalue weighted by molar-refractivity contribution is -0.384. The van der Waals surface area contributed by atoms with Crippen molar-refractivity contribution >= 4 is 98.9 Å². The Bertz CT molecular complexity index is 4640. The van der Waals surface area contributed by atoms with E-state index < -0.39 is 16.7 Å². The van der Waals surface area contributed by atoms with Crippen LogP contribution >= 0.6 is 15.9 Å². The Balaban J connectivity index is 0.000000221. The van der Waals surface area contributed by atoms with E-state index in [-0.39, 0.29) is 23.1 Å².